The van der Waals surface area contributed by atoms with E-state index in [1.165, 1.54) is 16.9 Å². The highest BCUT2D eigenvalue weighted by Crippen LogP contribution is 2.20. The molecule has 0 amide bonds. The van der Waals surface area contributed by atoms with Crippen LogP contribution in [0.2, 0.25) is 0 Å². The van der Waals surface area contributed by atoms with Crippen molar-refractivity contribution in [2.24, 2.45) is 0 Å². The van der Waals surface area contributed by atoms with Crippen molar-refractivity contribution >= 4 is 17.6 Å². The van der Waals surface area contributed by atoms with Crippen molar-refractivity contribution in [3.05, 3.63) is 45.9 Å². The van der Waals surface area contributed by atoms with Crippen LogP contribution in [0.4, 0.5) is 0 Å². The highest BCUT2D eigenvalue weighted by molar-refractivity contribution is 7.13. The first-order chi connectivity index (χ1) is 8.33. The minimum absolute atomic E-state index is 0.412. The molecule has 4 heteroatoms. The van der Waals surface area contributed by atoms with Gasteiger partial charge in [0.25, 0.3) is 0 Å². The van der Waals surface area contributed by atoms with Crippen LogP contribution in [0.5, 0.6) is 5.75 Å². The predicted molar refractivity (Wildman–Crippen MR) is 67.7 cm³/mol. The lowest BCUT2D eigenvalue weighted by molar-refractivity contribution is 0.112. The lowest BCUT2D eigenvalue weighted by Crippen LogP contribution is -1.97. The van der Waals surface area contributed by atoms with Gasteiger partial charge in [0.15, 0.2) is 6.29 Å². The van der Waals surface area contributed by atoms with Crippen LogP contribution in [0.1, 0.15) is 27.2 Å². The van der Waals surface area contributed by atoms with E-state index < -0.39 is 0 Å². The minimum atomic E-state index is 0.412. The maximum absolute atomic E-state index is 10.5. The van der Waals surface area contributed by atoms with Crippen molar-refractivity contribution in [3.8, 4) is 5.75 Å². The number of aldehydes is 1. The number of ether oxygens (including phenoxy) is 1. The van der Waals surface area contributed by atoms with Crippen LogP contribution < -0.4 is 4.74 Å². The number of para-hydroxylation sites is 1. The first-order valence-corrected chi connectivity index (χ1v) is 6.25. The van der Waals surface area contributed by atoms with Crippen LogP contribution in [0, 0.1) is 0 Å². The molecule has 0 saturated heterocycles. The summed E-state index contributed by atoms with van der Waals surface area (Å²) < 4.78 is 5.70. The summed E-state index contributed by atoms with van der Waals surface area (Å²) in [5.41, 5.74) is 1.18. The smallest absolute Gasteiger partial charge is 0.161 e. The van der Waals surface area contributed by atoms with Crippen molar-refractivity contribution in [3.63, 3.8) is 0 Å². The van der Waals surface area contributed by atoms with Crippen molar-refractivity contribution in [2.45, 2.75) is 20.0 Å². The molecule has 2 aromatic rings. The summed E-state index contributed by atoms with van der Waals surface area (Å²) in [6.07, 6.45) is 3.32. The standard InChI is InChI=1S/C13H13NO2S/c1-2-10-5-3-4-6-12(10)16-9-13-14-7-11(8-15)17-13/h3-8H,2,9H2,1H3. The van der Waals surface area contributed by atoms with Crippen LogP contribution in [-0.2, 0) is 13.0 Å². The van der Waals surface area contributed by atoms with Gasteiger partial charge in [-0.2, -0.15) is 0 Å². The molecule has 2 rings (SSSR count). The van der Waals surface area contributed by atoms with Gasteiger partial charge >= 0.3 is 0 Å². The second kappa shape index (κ2) is 5.59. The summed E-state index contributed by atoms with van der Waals surface area (Å²) in [5, 5.41) is 0.818. The fourth-order valence-electron chi connectivity index (χ4n) is 1.52. The molecule has 0 aliphatic heterocycles. The molecule has 0 spiro atoms. The van der Waals surface area contributed by atoms with E-state index in [0.717, 1.165) is 23.5 Å². The summed E-state index contributed by atoms with van der Waals surface area (Å²) in [6, 6.07) is 7.95. The summed E-state index contributed by atoms with van der Waals surface area (Å²) >= 11 is 1.36. The molecule has 0 radical (unpaired) electrons. The monoisotopic (exact) mass is 247 g/mol. The number of hydrogen-bond donors (Lipinski definition) is 0. The van der Waals surface area contributed by atoms with E-state index >= 15 is 0 Å². The van der Waals surface area contributed by atoms with E-state index in [1.807, 2.05) is 24.3 Å². The Labute approximate surface area is 104 Å². The molecule has 0 atom stereocenters. The lowest BCUT2D eigenvalue weighted by atomic mass is 10.1. The van der Waals surface area contributed by atoms with Gasteiger partial charge in [0.05, 0.1) is 4.88 Å². The number of nitrogens with zero attached hydrogens (tertiary/aromatic N) is 1. The lowest BCUT2D eigenvalue weighted by Gasteiger charge is -2.08. The molecule has 0 aliphatic carbocycles. The van der Waals surface area contributed by atoms with Crippen molar-refractivity contribution in [2.75, 3.05) is 0 Å². The Balaban J connectivity index is 2.04. The average molecular weight is 247 g/mol. The van der Waals surface area contributed by atoms with Gasteiger partial charge in [0.2, 0.25) is 0 Å². The van der Waals surface area contributed by atoms with Crippen molar-refractivity contribution in [1.82, 2.24) is 4.98 Å². The summed E-state index contributed by atoms with van der Waals surface area (Å²) in [4.78, 5) is 15.3. The zero-order chi connectivity index (χ0) is 12.1. The Morgan fingerprint density at radius 1 is 1.41 bits per heavy atom. The number of rotatable bonds is 5. The van der Waals surface area contributed by atoms with E-state index in [4.69, 9.17) is 4.74 Å². The van der Waals surface area contributed by atoms with Crippen molar-refractivity contribution < 1.29 is 9.53 Å². The van der Waals surface area contributed by atoms with Gasteiger partial charge in [0.1, 0.15) is 17.4 Å². The fourth-order valence-corrected chi connectivity index (χ4v) is 2.17. The Morgan fingerprint density at radius 2 is 2.24 bits per heavy atom. The third kappa shape index (κ3) is 2.91. The molecule has 1 aromatic heterocycles. The normalized spacial score (nSPS) is 10.2. The molecule has 0 saturated carbocycles. The van der Waals surface area contributed by atoms with Crippen LogP contribution in [0.3, 0.4) is 0 Å². The number of aromatic nitrogens is 1. The van der Waals surface area contributed by atoms with Crippen LogP contribution in [0.25, 0.3) is 0 Å². The Bertz CT molecular complexity index is 508. The first kappa shape index (κ1) is 11.8. The molecule has 88 valence electrons. The molecule has 1 heterocycles. The van der Waals surface area contributed by atoms with Crippen LogP contribution in [-0.4, -0.2) is 11.3 Å². The van der Waals surface area contributed by atoms with Crippen LogP contribution in [0.15, 0.2) is 30.5 Å². The second-order valence-corrected chi connectivity index (χ2v) is 4.67. The van der Waals surface area contributed by atoms with Crippen LogP contribution >= 0.6 is 11.3 Å². The first-order valence-electron chi connectivity index (χ1n) is 5.44. The zero-order valence-electron chi connectivity index (χ0n) is 9.55. The molecular weight excluding hydrogens is 234 g/mol. The third-order valence-corrected chi connectivity index (χ3v) is 3.29. The van der Waals surface area contributed by atoms with Gasteiger partial charge < -0.3 is 4.74 Å². The van der Waals surface area contributed by atoms with E-state index in [0.29, 0.717) is 11.5 Å². The summed E-state index contributed by atoms with van der Waals surface area (Å²) in [7, 11) is 0. The maximum atomic E-state index is 10.5. The number of carbonyl (C=O) groups is 1. The molecule has 0 unspecified atom stereocenters. The number of aryl methyl sites for hydroxylation is 1. The quantitative estimate of drug-likeness (QED) is 0.762. The maximum Gasteiger partial charge on any atom is 0.161 e. The van der Waals surface area contributed by atoms with Gasteiger partial charge in [0, 0.05) is 6.20 Å². The molecular formula is C13H13NO2S. The van der Waals surface area contributed by atoms with Crippen molar-refractivity contribution in [1.29, 1.82) is 0 Å². The van der Waals surface area contributed by atoms with Gasteiger partial charge in [-0.05, 0) is 18.1 Å². The molecule has 0 fully saturated rings. The van der Waals surface area contributed by atoms with Gasteiger partial charge in [-0.15, -0.1) is 11.3 Å². The number of carbonyl (C=O) groups excluding carboxylic acids is 1. The number of benzene rings is 1. The second-order valence-electron chi connectivity index (χ2n) is 3.52. The topological polar surface area (TPSA) is 39.2 Å². The number of hydrogen-bond acceptors (Lipinski definition) is 4. The zero-order valence-corrected chi connectivity index (χ0v) is 10.4. The number of thiazole rings is 1. The minimum Gasteiger partial charge on any atom is -0.486 e. The SMILES string of the molecule is CCc1ccccc1OCc1ncc(C=O)s1. The Kier molecular flexibility index (Phi) is 3.88. The Morgan fingerprint density at radius 3 is 2.94 bits per heavy atom. The third-order valence-electron chi connectivity index (χ3n) is 2.39. The molecule has 3 nitrogen and oxygen atoms in total. The summed E-state index contributed by atoms with van der Waals surface area (Å²) in [6.45, 7) is 2.51. The molecule has 0 N–H and O–H groups in total. The average Bonchev–Trinajstić information content (AvgIpc) is 2.84. The summed E-state index contributed by atoms with van der Waals surface area (Å²) in [5.74, 6) is 0.887. The van der Waals surface area contributed by atoms with E-state index in [-0.39, 0.29) is 0 Å². The largest absolute Gasteiger partial charge is 0.486 e. The van der Waals surface area contributed by atoms with Gasteiger partial charge in [-0.1, -0.05) is 25.1 Å². The van der Waals surface area contributed by atoms with E-state index in [1.54, 1.807) is 6.20 Å². The highest BCUT2D eigenvalue weighted by atomic mass is 32.1. The molecule has 1 aromatic carbocycles. The highest BCUT2D eigenvalue weighted by Gasteiger charge is 2.04. The van der Waals surface area contributed by atoms with Gasteiger partial charge in [-0.3, -0.25) is 4.79 Å². The van der Waals surface area contributed by atoms with E-state index in [9.17, 15) is 4.79 Å². The fraction of sp³-hybridized carbons (Fsp3) is 0.231. The van der Waals surface area contributed by atoms with Gasteiger partial charge in [-0.25, -0.2) is 4.98 Å². The molecule has 0 aliphatic rings. The molecule has 17 heavy (non-hydrogen) atoms. The Hall–Kier alpha value is -1.68. The predicted octanol–water partition coefficient (Wildman–Crippen LogP) is 3.10. The van der Waals surface area contributed by atoms with E-state index in [2.05, 4.69) is 11.9 Å². The molecule has 0 bridgehead atoms.